The van der Waals surface area contributed by atoms with Gasteiger partial charge >= 0.3 is 5.97 Å². The van der Waals surface area contributed by atoms with Crippen molar-refractivity contribution in [2.45, 2.75) is 44.7 Å². The first-order valence-electron chi connectivity index (χ1n) is 7.91. The molecule has 0 aromatic rings. The standard InChI is InChI=1S/C15H30N2O4/c1-4-20-10-8-17(9-11-21-5-2)13-6-7-15(12-13,16-3)14(18)19/h13,16H,4-12H2,1-3H3,(H,18,19). The maximum Gasteiger partial charge on any atom is 0.323 e. The van der Waals surface area contributed by atoms with Crippen LogP contribution in [0.5, 0.6) is 0 Å². The smallest absolute Gasteiger partial charge is 0.323 e. The highest BCUT2D eigenvalue weighted by molar-refractivity contribution is 5.79. The van der Waals surface area contributed by atoms with E-state index in [0.717, 1.165) is 19.5 Å². The fourth-order valence-corrected chi connectivity index (χ4v) is 2.99. The van der Waals surface area contributed by atoms with E-state index in [1.807, 2.05) is 13.8 Å². The average molecular weight is 302 g/mol. The lowest BCUT2D eigenvalue weighted by atomic mass is 9.98. The topological polar surface area (TPSA) is 71.0 Å². The Kier molecular flexibility index (Phi) is 8.18. The minimum absolute atomic E-state index is 0.273. The minimum atomic E-state index is -0.778. The van der Waals surface area contributed by atoms with Crippen molar-refractivity contribution < 1.29 is 19.4 Å². The van der Waals surface area contributed by atoms with Crippen LogP contribution < -0.4 is 5.32 Å². The summed E-state index contributed by atoms with van der Waals surface area (Å²) in [6, 6.07) is 0.273. The van der Waals surface area contributed by atoms with Crippen molar-refractivity contribution in [3.63, 3.8) is 0 Å². The van der Waals surface area contributed by atoms with E-state index < -0.39 is 11.5 Å². The zero-order chi connectivity index (χ0) is 15.7. The van der Waals surface area contributed by atoms with E-state index in [1.165, 1.54) is 0 Å². The Morgan fingerprint density at radius 1 is 1.29 bits per heavy atom. The SMILES string of the molecule is CCOCCN(CCOCC)C1CCC(NC)(C(=O)O)C1. The van der Waals surface area contributed by atoms with Crippen LogP contribution in [0.3, 0.4) is 0 Å². The highest BCUT2D eigenvalue weighted by Gasteiger charge is 2.45. The molecule has 124 valence electrons. The van der Waals surface area contributed by atoms with Gasteiger partial charge in [0.05, 0.1) is 13.2 Å². The van der Waals surface area contributed by atoms with Crippen LogP contribution >= 0.6 is 0 Å². The zero-order valence-electron chi connectivity index (χ0n) is 13.6. The summed E-state index contributed by atoms with van der Waals surface area (Å²) in [7, 11) is 1.74. The molecule has 0 bridgehead atoms. The van der Waals surface area contributed by atoms with Crippen molar-refractivity contribution in [2.75, 3.05) is 46.6 Å². The molecule has 1 fully saturated rings. The van der Waals surface area contributed by atoms with Gasteiger partial charge in [0, 0.05) is 32.3 Å². The molecule has 6 heteroatoms. The van der Waals surface area contributed by atoms with Crippen molar-refractivity contribution >= 4 is 5.97 Å². The summed E-state index contributed by atoms with van der Waals surface area (Å²) in [5.74, 6) is -0.748. The number of nitrogens with zero attached hydrogens (tertiary/aromatic N) is 1. The predicted octanol–water partition coefficient (Wildman–Crippen LogP) is 0.957. The minimum Gasteiger partial charge on any atom is -0.480 e. The maximum atomic E-state index is 11.5. The Balaban J connectivity index is 2.59. The first kappa shape index (κ1) is 18.4. The molecule has 0 aliphatic heterocycles. The highest BCUT2D eigenvalue weighted by Crippen LogP contribution is 2.33. The van der Waals surface area contributed by atoms with E-state index in [-0.39, 0.29) is 6.04 Å². The summed E-state index contributed by atoms with van der Waals surface area (Å²) >= 11 is 0. The second kappa shape index (κ2) is 9.35. The Morgan fingerprint density at radius 3 is 2.24 bits per heavy atom. The molecule has 1 saturated carbocycles. The van der Waals surface area contributed by atoms with E-state index in [2.05, 4.69) is 10.2 Å². The first-order valence-corrected chi connectivity index (χ1v) is 7.91. The third kappa shape index (κ3) is 5.21. The van der Waals surface area contributed by atoms with Crippen molar-refractivity contribution in [1.29, 1.82) is 0 Å². The molecule has 6 nitrogen and oxygen atoms in total. The molecule has 1 rings (SSSR count). The normalized spacial score (nSPS) is 25.6. The first-order chi connectivity index (χ1) is 10.1. The van der Waals surface area contributed by atoms with Gasteiger partial charge in [-0.05, 0) is 40.2 Å². The van der Waals surface area contributed by atoms with Gasteiger partial charge in [-0.3, -0.25) is 9.69 Å². The molecule has 0 saturated heterocycles. The number of carboxylic acids is 1. The van der Waals surface area contributed by atoms with Gasteiger partial charge in [-0.15, -0.1) is 0 Å². The van der Waals surface area contributed by atoms with Gasteiger partial charge in [-0.2, -0.15) is 0 Å². The molecule has 2 N–H and O–H groups in total. The van der Waals surface area contributed by atoms with Crippen molar-refractivity contribution in [3.05, 3.63) is 0 Å². The second-order valence-corrected chi connectivity index (χ2v) is 5.46. The third-order valence-corrected chi connectivity index (χ3v) is 4.35. The number of rotatable bonds is 11. The van der Waals surface area contributed by atoms with Crippen LogP contribution in [0.4, 0.5) is 0 Å². The lowest BCUT2D eigenvalue weighted by molar-refractivity contribution is -0.144. The highest BCUT2D eigenvalue weighted by atomic mass is 16.5. The Morgan fingerprint density at radius 2 is 1.86 bits per heavy atom. The van der Waals surface area contributed by atoms with Gasteiger partial charge in [0.25, 0.3) is 0 Å². The van der Waals surface area contributed by atoms with E-state index in [1.54, 1.807) is 7.05 Å². The summed E-state index contributed by atoms with van der Waals surface area (Å²) in [5, 5.41) is 12.5. The molecule has 2 atom stereocenters. The molecule has 1 aliphatic carbocycles. The van der Waals surface area contributed by atoms with Crippen molar-refractivity contribution in [1.82, 2.24) is 10.2 Å². The molecule has 0 heterocycles. The van der Waals surface area contributed by atoms with Gasteiger partial charge < -0.3 is 19.9 Å². The monoisotopic (exact) mass is 302 g/mol. The molecule has 21 heavy (non-hydrogen) atoms. The van der Waals surface area contributed by atoms with Gasteiger partial charge in [-0.25, -0.2) is 0 Å². The zero-order valence-corrected chi connectivity index (χ0v) is 13.6. The van der Waals surface area contributed by atoms with E-state index in [0.29, 0.717) is 39.3 Å². The number of nitrogens with one attached hydrogen (secondary N) is 1. The molecule has 1 aliphatic rings. The Hall–Kier alpha value is -0.690. The number of likely N-dealkylation sites (N-methyl/N-ethyl adjacent to an activating group) is 1. The Bertz CT molecular complexity index is 304. The number of aliphatic carboxylic acids is 1. The Labute approximate surface area is 127 Å². The molecule has 0 aromatic heterocycles. The third-order valence-electron chi connectivity index (χ3n) is 4.35. The average Bonchev–Trinajstić information content (AvgIpc) is 2.92. The van der Waals surface area contributed by atoms with Crippen LogP contribution in [0.2, 0.25) is 0 Å². The van der Waals surface area contributed by atoms with E-state index in [4.69, 9.17) is 9.47 Å². The molecule has 0 spiro atoms. The van der Waals surface area contributed by atoms with Crippen molar-refractivity contribution in [3.8, 4) is 0 Å². The quantitative estimate of drug-likeness (QED) is 0.554. The van der Waals surface area contributed by atoms with E-state index in [9.17, 15) is 9.90 Å². The summed E-state index contributed by atoms with van der Waals surface area (Å²) in [4.78, 5) is 13.8. The fourth-order valence-electron chi connectivity index (χ4n) is 2.99. The molecule has 0 radical (unpaired) electrons. The predicted molar refractivity (Wildman–Crippen MR) is 81.6 cm³/mol. The van der Waals surface area contributed by atoms with Gasteiger partial charge in [0.2, 0.25) is 0 Å². The number of hydrogen-bond acceptors (Lipinski definition) is 5. The van der Waals surface area contributed by atoms with Gasteiger partial charge in [0.15, 0.2) is 0 Å². The lowest BCUT2D eigenvalue weighted by Crippen LogP contribution is -2.50. The molecule has 0 aromatic carbocycles. The van der Waals surface area contributed by atoms with E-state index >= 15 is 0 Å². The number of carbonyl (C=O) groups is 1. The van der Waals surface area contributed by atoms with Crippen molar-refractivity contribution in [2.24, 2.45) is 0 Å². The lowest BCUT2D eigenvalue weighted by Gasteiger charge is -2.30. The number of hydrogen-bond donors (Lipinski definition) is 2. The largest absolute Gasteiger partial charge is 0.480 e. The molecular formula is C15H30N2O4. The van der Waals surface area contributed by atoms with Gasteiger partial charge in [-0.1, -0.05) is 0 Å². The number of ether oxygens (including phenoxy) is 2. The molecular weight excluding hydrogens is 272 g/mol. The number of carboxylic acid groups (broad SMARTS) is 1. The maximum absolute atomic E-state index is 11.5. The van der Waals surface area contributed by atoms with Crippen LogP contribution in [0.15, 0.2) is 0 Å². The fraction of sp³-hybridized carbons (Fsp3) is 0.933. The summed E-state index contributed by atoms with van der Waals surface area (Å²) in [5.41, 5.74) is -0.778. The summed E-state index contributed by atoms with van der Waals surface area (Å²) in [6.07, 6.45) is 2.20. The van der Waals surface area contributed by atoms with Gasteiger partial charge in [0.1, 0.15) is 5.54 Å². The molecule has 0 amide bonds. The summed E-state index contributed by atoms with van der Waals surface area (Å²) in [6.45, 7) is 8.39. The molecule has 2 unspecified atom stereocenters. The van der Waals surface area contributed by atoms with Crippen LogP contribution in [0, 0.1) is 0 Å². The summed E-state index contributed by atoms with van der Waals surface area (Å²) < 4.78 is 10.9. The van der Waals surface area contributed by atoms with Crippen LogP contribution in [-0.2, 0) is 14.3 Å². The van der Waals surface area contributed by atoms with Crippen LogP contribution in [0.1, 0.15) is 33.1 Å². The van der Waals surface area contributed by atoms with Crippen LogP contribution in [0.25, 0.3) is 0 Å². The van der Waals surface area contributed by atoms with Crippen LogP contribution in [-0.4, -0.2) is 74.1 Å². The second-order valence-electron chi connectivity index (χ2n) is 5.46.